The zero-order chi connectivity index (χ0) is 20.1. The Hall–Kier alpha value is -2.99. The molecule has 2 amide bonds. The molecule has 144 valence electrons. The molecule has 2 aliphatic heterocycles. The van der Waals surface area contributed by atoms with Crippen molar-refractivity contribution in [2.75, 3.05) is 4.90 Å². The van der Waals surface area contributed by atoms with E-state index in [0.717, 1.165) is 10.5 Å². The number of fused-ring (bicyclic) bond motifs is 1. The molecule has 28 heavy (non-hydrogen) atoms. The predicted octanol–water partition coefficient (Wildman–Crippen LogP) is 2.62. The fourth-order valence-electron chi connectivity index (χ4n) is 4.69. The SMILES string of the molecule is CC(C)C1(C(=O)O)NC(c2ccccc2)C2C(=O)N(c3ccccc3)C(=O)C21. The Labute approximate surface area is 163 Å². The summed E-state index contributed by atoms with van der Waals surface area (Å²) in [4.78, 5) is 40.4. The van der Waals surface area contributed by atoms with Crippen LogP contribution in [0.5, 0.6) is 0 Å². The van der Waals surface area contributed by atoms with Crippen molar-refractivity contribution < 1.29 is 19.5 Å². The summed E-state index contributed by atoms with van der Waals surface area (Å²) in [5.41, 5.74) is -0.236. The van der Waals surface area contributed by atoms with Gasteiger partial charge in [-0.15, -0.1) is 0 Å². The number of para-hydroxylation sites is 1. The van der Waals surface area contributed by atoms with Gasteiger partial charge in [-0.3, -0.25) is 19.7 Å². The van der Waals surface area contributed by atoms with Crippen LogP contribution in [0.15, 0.2) is 60.7 Å². The summed E-state index contributed by atoms with van der Waals surface area (Å²) in [5, 5.41) is 13.3. The van der Waals surface area contributed by atoms with Crippen LogP contribution in [0.25, 0.3) is 0 Å². The number of aliphatic carboxylic acids is 1. The molecule has 6 nitrogen and oxygen atoms in total. The molecule has 2 saturated heterocycles. The molecule has 0 spiro atoms. The quantitative estimate of drug-likeness (QED) is 0.799. The first kappa shape index (κ1) is 18.4. The van der Waals surface area contributed by atoms with Gasteiger partial charge in [-0.2, -0.15) is 0 Å². The molecule has 4 atom stereocenters. The lowest BCUT2D eigenvalue weighted by Crippen LogP contribution is -2.59. The van der Waals surface area contributed by atoms with Crippen molar-refractivity contribution in [2.45, 2.75) is 25.4 Å². The zero-order valence-electron chi connectivity index (χ0n) is 15.7. The summed E-state index contributed by atoms with van der Waals surface area (Å²) in [7, 11) is 0. The van der Waals surface area contributed by atoms with Gasteiger partial charge in [0.2, 0.25) is 11.8 Å². The van der Waals surface area contributed by atoms with Crippen LogP contribution in [0.4, 0.5) is 5.69 Å². The smallest absolute Gasteiger partial charge is 0.325 e. The predicted molar refractivity (Wildman–Crippen MR) is 103 cm³/mol. The summed E-state index contributed by atoms with van der Waals surface area (Å²) >= 11 is 0. The highest BCUT2D eigenvalue weighted by Gasteiger charge is 2.69. The molecular weight excluding hydrogens is 356 g/mol. The minimum absolute atomic E-state index is 0.355. The van der Waals surface area contributed by atoms with Gasteiger partial charge in [0, 0.05) is 6.04 Å². The number of hydrogen-bond acceptors (Lipinski definition) is 4. The van der Waals surface area contributed by atoms with Crippen LogP contribution in [0.2, 0.25) is 0 Å². The second-order valence-corrected chi connectivity index (χ2v) is 7.71. The minimum atomic E-state index is -1.51. The van der Waals surface area contributed by atoms with Crippen molar-refractivity contribution in [3.8, 4) is 0 Å². The summed E-state index contributed by atoms with van der Waals surface area (Å²) in [6, 6.07) is 17.4. The molecule has 2 aliphatic rings. The van der Waals surface area contributed by atoms with Gasteiger partial charge in [0.15, 0.2) is 0 Å². The fraction of sp³-hybridized carbons (Fsp3) is 0.318. The molecule has 0 bridgehead atoms. The third kappa shape index (κ3) is 2.41. The first-order chi connectivity index (χ1) is 13.4. The van der Waals surface area contributed by atoms with Crippen molar-refractivity contribution >= 4 is 23.5 Å². The van der Waals surface area contributed by atoms with Gasteiger partial charge in [0.25, 0.3) is 0 Å². The molecule has 2 aromatic carbocycles. The molecule has 4 rings (SSSR count). The van der Waals surface area contributed by atoms with E-state index in [1.54, 1.807) is 44.2 Å². The number of carboxylic acids is 1. The number of rotatable bonds is 4. The Morgan fingerprint density at radius 3 is 2.11 bits per heavy atom. The van der Waals surface area contributed by atoms with Crippen LogP contribution < -0.4 is 10.2 Å². The summed E-state index contributed by atoms with van der Waals surface area (Å²) in [6.07, 6.45) is 0. The van der Waals surface area contributed by atoms with E-state index in [1.165, 1.54) is 0 Å². The van der Waals surface area contributed by atoms with E-state index in [4.69, 9.17) is 0 Å². The lowest BCUT2D eigenvalue weighted by atomic mass is 9.73. The molecular formula is C22H22N2O4. The number of nitrogens with one attached hydrogen (secondary N) is 1. The monoisotopic (exact) mass is 378 g/mol. The van der Waals surface area contributed by atoms with Crippen molar-refractivity contribution in [3.05, 3.63) is 66.2 Å². The second kappa shape index (κ2) is 6.56. The maximum absolute atomic E-state index is 13.4. The summed E-state index contributed by atoms with van der Waals surface area (Å²) < 4.78 is 0. The van der Waals surface area contributed by atoms with Gasteiger partial charge in [-0.1, -0.05) is 62.4 Å². The molecule has 6 heteroatoms. The highest BCUT2D eigenvalue weighted by atomic mass is 16.4. The average Bonchev–Trinajstić information content (AvgIpc) is 3.18. The van der Waals surface area contributed by atoms with Gasteiger partial charge >= 0.3 is 5.97 Å². The second-order valence-electron chi connectivity index (χ2n) is 7.71. The van der Waals surface area contributed by atoms with Gasteiger partial charge in [0.05, 0.1) is 17.5 Å². The Morgan fingerprint density at radius 2 is 1.57 bits per heavy atom. The first-order valence-corrected chi connectivity index (χ1v) is 9.38. The summed E-state index contributed by atoms with van der Waals surface area (Å²) in [5.74, 6) is -4.04. The molecule has 0 saturated carbocycles. The number of imide groups is 1. The highest BCUT2D eigenvalue weighted by Crippen LogP contribution is 2.52. The van der Waals surface area contributed by atoms with Gasteiger partial charge in [-0.25, -0.2) is 4.90 Å². The van der Waals surface area contributed by atoms with E-state index < -0.39 is 41.2 Å². The van der Waals surface area contributed by atoms with Crippen molar-refractivity contribution in [3.63, 3.8) is 0 Å². The zero-order valence-corrected chi connectivity index (χ0v) is 15.7. The highest BCUT2D eigenvalue weighted by molar-refractivity contribution is 6.24. The normalized spacial score (nSPS) is 29.4. The van der Waals surface area contributed by atoms with E-state index in [-0.39, 0.29) is 5.91 Å². The summed E-state index contributed by atoms with van der Waals surface area (Å²) in [6.45, 7) is 3.54. The first-order valence-electron chi connectivity index (χ1n) is 9.38. The Bertz CT molecular complexity index is 928. The number of anilines is 1. The van der Waals surface area contributed by atoms with Crippen LogP contribution in [0.3, 0.4) is 0 Å². The number of nitrogens with zero attached hydrogens (tertiary/aromatic N) is 1. The van der Waals surface area contributed by atoms with Crippen LogP contribution in [-0.4, -0.2) is 28.4 Å². The fourth-order valence-corrected chi connectivity index (χ4v) is 4.69. The molecule has 0 aliphatic carbocycles. The van der Waals surface area contributed by atoms with E-state index in [1.807, 2.05) is 30.3 Å². The lowest BCUT2D eigenvalue weighted by Gasteiger charge is -2.34. The minimum Gasteiger partial charge on any atom is -0.480 e. The molecule has 4 unspecified atom stereocenters. The van der Waals surface area contributed by atoms with Crippen molar-refractivity contribution in [1.29, 1.82) is 0 Å². The van der Waals surface area contributed by atoms with Crippen LogP contribution in [-0.2, 0) is 14.4 Å². The van der Waals surface area contributed by atoms with Gasteiger partial charge in [0.1, 0.15) is 5.54 Å². The van der Waals surface area contributed by atoms with Crippen LogP contribution in [0.1, 0.15) is 25.5 Å². The number of amides is 2. The van der Waals surface area contributed by atoms with Gasteiger partial charge < -0.3 is 5.11 Å². The average molecular weight is 378 g/mol. The largest absolute Gasteiger partial charge is 0.480 e. The maximum atomic E-state index is 13.4. The van der Waals surface area contributed by atoms with E-state index in [2.05, 4.69) is 5.32 Å². The number of carboxylic acid groups (broad SMARTS) is 1. The number of carbonyl (C=O) groups is 3. The van der Waals surface area contributed by atoms with Gasteiger partial charge in [-0.05, 0) is 23.6 Å². The molecule has 0 aromatic heterocycles. The van der Waals surface area contributed by atoms with E-state index >= 15 is 0 Å². The molecule has 0 radical (unpaired) electrons. The van der Waals surface area contributed by atoms with Crippen molar-refractivity contribution in [1.82, 2.24) is 5.32 Å². The molecule has 2 N–H and O–H groups in total. The van der Waals surface area contributed by atoms with Crippen LogP contribution >= 0.6 is 0 Å². The Morgan fingerprint density at radius 1 is 1.00 bits per heavy atom. The lowest BCUT2D eigenvalue weighted by molar-refractivity contribution is -0.151. The topological polar surface area (TPSA) is 86.7 Å². The molecule has 2 fully saturated rings. The molecule has 2 aromatic rings. The van der Waals surface area contributed by atoms with E-state index in [9.17, 15) is 19.5 Å². The number of hydrogen-bond donors (Lipinski definition) is 2. The number of benzene rings is 2. The standard InChI is InChI=1S/C22H22N2O4/c1-13(2)22(21(27)28)17-16(18(23-22)14-9-5-3-6-10-14)19(25)24(20(17)26)15-11-7-4-8-12-15/h3-13,16-18,23H,1-2H3,(H,27,28). The number of carbonyl (C=O) groups excluding carboxylic acids is 2. The van der Waals surface area contributed by atoms with E-state index in [0.29, 0.717) is 5.69 Å². The Balaban J connectivity index is 1.88. The third-order valence-corrected chi connectivity index (χ3v) is 6.03. The third-order valence-electron chi connectivity index (χ3n) is 6.03. The Kier molecular flexibility index (Phi) is 4.31. The van der Waals surface area contributed by atoms with Crippen molar-refractivity contribution in [2.24, 2.45) is 17.8 Å². The maximum Gasteiger partial charge on any atom is 0.325 e. The van der Waals surface area contributed by atoms with Crippen LogP contribution in [0, 0.1) is 17.8 Å². The molecule has 2 heterocycles.